The first-order chi connectivity index (χ1) is 10.7. The van der Waals surface area contributed by atoms with Gasteiger partial charge in [0.25, 0.3) is 0 Å². The van der Waals surface area contributed by atoms with Gasteiger partial charge in [0.1, 0.15) is 5.75 Å². The molecule has 1 aromatic carbocycles. The maximum Gasteiger partial charge on any atom is 0.201 e. The van der Waals surface area contributed by atoms with Gasteiger partial charge < -0.3 is 9.30 Å². The van der Waals surface area contributed by atoms with Crippen LogP contribution < -0.4 is 9.46 Å². The Morgan fingerprint density at radius 1 is 1.27 bits per heavy atom. The largest absolute Gasteiger partial charge is 0.497 e. The number of aromatic nitrogens is 3. The molecule has 0 saturated heterocycles. The van der Waals surface area contributed by atoms with Gasteiger partial charge in [-0.05, 0) is 18.2 Å². The fourth-order valence-corrected chi connectivity index (χ4v) is 2.49. The van der Waals surface area contributed by atoms with Crippen LogP contribution in [-0.4, -0.2) is 30.1 Å². The van der Waals surface area contributed by atoms with Gasteiger partial charge in [0.15, 0.2) is 0 Å². The molecule has 1 N–H and O–H groups in total. The minimum atomic E-state index is -2.63. The Hall–Kier alpha value is -2.45. The number of hydrogen-bond acceptors (Lipinski definition) is 5. The van der Waals surface area contributed by atoms with Gasteiger partial charge in [0.2, 0.25) is 10.9 Å². The second-order valence-corrected chi connectivity index (χ2v) is 5.41. The summed E-state index contributed by atoms with van der Waals surface area (Å²) in [4.78, 5) is 8.53. The van der Waals surface area contributed by atoms with Gasteiger partial charge in [-0.15, -0.1) is 0 Å². The fourth-order valence-electron chi connectivity index (χ4n) is 2.20. The van der Waals surface area contributed by atoms with Gasteiger partial charge in [-0.25, -0.2) is 18.1 Å². The summed E-state index contributed by atoms with van der Waals surface area (Å²) in [5.41, 5.74) is 2.36. The highest BCUT2D eigenvalue weighted by molar-refractivity contribution is 7.70. The summed E-state index contributed by atoms with van der Waals surface area (Å²) in [7, 11) is -1.01. The van der Waals surface area contributed by atoms with E-state index in [0.29, 0.717) is 5.69 Å². The van der Waals surface area contributed by atoms with Crippen molar-refractivity contribution in [2.24, 2.45) is 0 Å². The quantitative estimate of drug-likeness (QED) is 0.687. The van der Waals surface area contributed by atoms with Gasteiger partial charge >= 0.3 is 0 Å². The number of nitrogens with one attached hydrogen (secondary N) is 1. The molecule has 22 heavy (non-hydrogen) atoms. The average molecular weight is 318 g/mol. The van der Waals surface area contributed by atoms with E-state index in [9.17, 15) is 8.42 Å². The first-order valence-electron chi connectivity index (χ1n) is 6.51. The van der Waals surface area contributed by atoms with Crippen molar-refractivity contribution in [2.75, 3.05) is 7.11 Å². The van der Waals surface area contributed by atoms with E-state index in [1.165, 1.54) is 0 Å². The van der Waals surface area contributed by atoms with Crippen LogP contribution in [0.3, 0.4) is 0 Å². The molecule has 114 valence electrons. The zero-order chi connectivity index (χ0) is 15.5. The van der Waals surface area contributed by atoms with Gasteiger partial charge in [-0.1, -0.05) is 0 Å². The Morgan fingerprint density at radius 3 is 2.91 bits per heavy atom. The number of thiol groups is 1. The van der Waals surface area contributed by atoms with Crippen molar-refractivity contribution in [1.82, 2.24) is 19.3 Å². The predicted molar refractivity (Wildman–Crippen MR) is 82.6 cm³/mol. The molecule has 0 radical (unpaired) electrons. The molecule has 2 heterocycles. The third-order valence-electron chi connectivity index (χ3n) is 3.23. The monoisotopic (exact) mass is 318 g/mol. The molecule has 2 aromatic heterocycles. The van der Waals surface area contributed by atoms with Crippen LogP contribution in [0.15, 0.2) is 43.0 Å². The smallest absolute Gasteiger partial charge is 0.201 e. The number of benzene rings is 1. The molecular weight excluding hydrogens is 304 g/mol. The lowest BCUT2D eigenvalue weighted by Crippen LogP contribution is -2.10. The molecule has 0 aliphatic carbocycles. The van der Waals surface area contributed by atoms with Crippen LogP contribution in [0.4, 0.5) is 0 Å². The first kappa shape index (κ1) is 14.5. The second-order valence-electron chi connectivity index (χ2n) is 4.58. The predicted octanol–water partition coefficient (Wildman–Crippen LogP) is 1.05. The molecule has 0 unspecified atom stereocenters. The van der Waals surface area contributed by atoms with Crippen LogP contribution >= 0.6 is 0 Å². The first-order valence-corrected chi connectivity index (χ1v) is 7.69. The Kier molecular flexibility index (Phi) is 4.03. The highest BCUT2D eigenvalue weighted by Crippen LogP contribution is 2.24. The zero-order valence-corrected chi connectivity index (χ0v) is 12.7. The average Bonchev–Trinajstić information content (AvgIpc) is 3.00. The highest BCUT2D eigenvalue weighted by Gasteiger charge is 2.07. The van der Waals surface area contributed by atoms with Gasteiger partial charge in [-0.3, -0.25) is 4.98 Å². The van der Waals surface area contributed by atoms with Crippen molar-refractivity contribution in [2.45, 2.75) is 6.54 Å². The topological polar surface area (TPSA) is 86.1 Å². The zero-order valence-electron chi connectivity index (χ0n) is 11.8. The van der Waals surface area contributed by atoms with E-state index < -0.39 is 10.9 Å². The normalized spacial score (nSPS) is 11.2. The summed E-state index contributed by atoms with van der Waals surface area (Å²) in [5.74, 6) is 0.743. The van der Waals surface area contributed by atoms with Crippen LogP contribution in [0, 0.1) is 0 Å². The van der Waals surface area contributed by atoms with Crippen LogP contribution in [0.5, 0.6) is 5.75 Å². The molecular formula is C14H14N4O3S. The van der Waals surface area contributed by atoms with E-state index >= 15 is 0 Å². The van der Waals surface area contributed by atoms with E-state index in [-0.39, 0.29) is 6.54 Å². The van der Waals surface area contributed by atoms with Crippen LogP contribution in [0.2, 0.25) is 0 Å². The molecule has 0 aliphatic rings. The van der Waals surface area contributed by atoms with Crippen LogP contribution in [0.25, 0.3) is 16.6 Å². The molecule has 3 rings (SSSR count). The molecule has 0 fully saturated rings. The lowest BCUT2D eigenvalue weighted by atomic mass is 10.2. The van der Waals surface area contributed by atoms with Crippen molar-refractivity contribution in [1.29, 1.82) is 0 Å². The number of rotatable bonds is 5. The van der Waals surface area contributed by atoms with E-state index in [1.54, 1.807) is 25.8 Å². The molecule has 0 saturated carbocycles. The fraction of sp³-hybridized carbons (Fsp3) is 0.143. The van der Waals surface area contributed by atoms with E-state index in [4.69, 9.17) is 4.74 Å². The lowest BCUT2D eigenvalue weighted by molar-refractivity contribution is 0.415. The van der Waals surface area contributed by atoms with E-state index in [0.717, 1.165) is 22.3 Å². The number of pyridine rings is 1. The van der Waals surface area contributed by atoms with Crippen molar-refractivity contribution < 1.29 is 13.2 Å². The lowest BCUT2D eigenvalue weighted by Gasteiger charge is -2.07. The van der Waals surface area contributed by atoms with Gasteiger partial charge in [0.05, 0.1) is 36.9 Å². The number of methoxy groups -OCH3 is 1. The summed E-state index contributed by atoms with van der Waals surface area (Å²) in [6, 6.07) is 7.54. The number of imidazole rings is 1. The summed E-state index contributed by atoms with van der Waals surface area (Å²) < 4.78 is 30.5. The molecule has 0 aliphatic heterocycles. The second kappa shape index (κ2) is 6.12. The number of hydrogen-bond donors (Lipinski definition) is 2. The minimum Gasteiger partial charge on any atom is -0.497 e. The standard InChI is InChI=1S/C14H14N4O3S/c1-21-11-2-3-12-13(6-11)15-5-4-14(12)18-8-10(16-9-18)7-17-22(19)20/h2-6,8-9,22H,7H2,1H3,(H,17,19,20). The number of nitrogens with zero attached hydrogens (tertiary/aromatic N) is 3. The van der Waals surface area contributed by atoms with Crippen molar-refractivity contribution in [3.8, 4) is 11.4 Å². The molecule has 8 heteroatoms. The van der Waals surface area contributed by atoms with Crippen LogP contribution in [-0.2, 0) is 17.4 Å². The van der Waals surface area contributed by atoms with Gasteiger partial charge in [0, 0.05) is 23.8 Å². The Morgan fingerprint density at radius 2 is 2.14 bits per heavy atom. The molecule has 0 amide bonds. The molecule has 7 nitrogen and oxygen atoms in total. The SMILES string of the molecule is COc1ccc2c(-n3cnc(CN[SH](=O)=O)c3)ccnc2c1. The Labute approximate surface area is 128 Å². The third kappa shape index (κ3) is 2.92. The Balaban J connectivity index is 1.99. The molecule has 0 bridgehead atoms. The summed E-state index contributed by atoms with van der Waals surface area (Å²) in [6.07, 6.45) is 5.14. The van der Waals surface area contributed by atoms with Gasteiger partial charge in [-0.2, -0.15) is 0 Å². The number of ether oxygens (including phenoxy) is 1. The van der Waals surface area contributed by atoms with Crippen LogP contribution in [0.1, 0.15) is 5.69 Å². The maximum absolute atomic E-state index is 10.6. The summed E-state index contributed by atoms with van der Waals surface area (Å²) in [5, 5.41) is 0.954. The van der Waals surface area contributed by atoms with Crippen molar-refractivity contribution >= 4 is 21.8 Å². The highest BCUT2D eigenvalue weighted by atomic mass is 32.2. The molecule has 0 spiro atoms. The van der Waals surface area contributed by atoms with Crippen molar-refractivity contribution in [3.63, 3.8) is 0 Å². The maximum atomic E-state index is 10.6. The molecule has 3 aromatic rings. The number of fused-ring (bicyclic) bond motifs is 1. The van der Waals surface area contributed by atoms with E-state index in [2.05, 4.69) is 14.7 Å². The third-order valence-corrected chi connectivity index (χ3v) is 3.65. The summed E-state index contributed by atoms with van der Waals surface area (Å²) in [6.45, 7) is 0.169. The van der Waals surface area contributed by atoms with E-state index in [1.807, 2.05) is 28.8 Å². The summed E-state index contributed by atoms with van der Waals surface area (Å²) >= 11 is 0. The van der Waals surface area contributed by atoms with Crippen molar-refractivity contribution in [3.05, 3.63) is 48.7 Å². The Bertz CT molecular complexity index is 881. The molecule has 0 atom stereocenters. The minimum absolute atomic E-state index is 0.169.